The Hall–Kier alpha value is -1.53. The number of rotatable bonds is 0. The number of hydrogen-bond donors (Lipinski definition) is 1. The van der Waals surface area contributed by atoms with Gasteiger partial charge in [-0.2, -0.15) is 0 Å². The molecule has 0 spiro atoms. The minimum Gasteiger partial charge on any atom is -0.472 e. The first-order valence-electron chi connectivity index (χ1n) is 3.05. The molecule has 4 heteroatoms. The SMILES string of the molecule is O=C(O)C#Cc1ccc(Cl)nc1. The summed E-state index contributed by atoms with van der Waals surface area (Å²) in [6.45, 7) is 0. The summed E-state index contributed by atoms with van der Waals surface area (Å²) in [5.74, 6) is 3.20. The van der Waals surface area contributed by atoms with Crippen molar-refractivity contribution < 1.29 is 9.90 Å². The Labute approximate surface area is 74.0 Å². The van der Waals surface area contributed by atoms with Crippen LogP contribution in [0.4, 0.5) is 0 Å². The first kappa shape index (κ1) is 8.57. The third kappa shape index (κ3) is 2.60. The molecular formula is C8H4ClNO2. The van der Waals surface area contributed by atoms with Gasteiger partial charge in [0.2, 0.25) is 0 Å². The van der Waals surface area contributed by atoms with E-state index in [2.05, 4.69) is 10.9 Å². The van der Waals surface area contributed by atoms with Gasteiger partial charge in [0, 0.05) is 17.7 Å². The molecule has 0 amide bonds. The minimum absolute atomic E-state index is 0.357. The summed E-state index contributed by atoms with van der Waals surface area (Å²) in [5.41, 5.74) is 0.529. The van der Waals surface area contributed by atoms with Crippen LogP contribution in [-0.2, 0) is 4.79 Å². The molecule has 0 aliphatic heterocycles. The molecule has 0 saturated carbocycles. The van der Waals surface area contributed by atoms with Crippen molar-refractivity contribution >= 4 is 17.6 Å². The van der Waals surface area contributed by atoms with E-state index < -0.39 is 5.97 Å². The fraction of sp³-hybridized carbons (Fsp3) is 0. The zero-order valence-electron chi connectivity index (χ0n) is 5.91. The Bertz CT molecular complexity index is 348. The highest BCUT2D eigenvalue weighted by molar-refractivity contribution is 6.29. The second-order valence-electron chi connectivity index (χ2n) is 1.92. The van der Waals surface area contributed by atoms with Gasteiger partial charge in [-0.3, -0.25) is 0 Å². The zero-order valence-corrected chi connectivity index (χ0v) is 6.67. The van der Waals surface area contributed by atoms with Crippen molar-refractivity contribution in [3.05, 3.63) is 29.0 Å². The fourth-order valence-corrected chi connectivity index (χ4v) is 0.687. The lowest BCUT2D eigenvalue weighted by molar-refractivity contribution is -0.130. The third-order valence-corrected chi connectivity index (χ3v) is 1.26. The number of aliphatic carboxylic acids is 1. The highest BCUT2D eigenvalue weighted by Gasteiger charge is 1.89. The van der Waals surface area contributed by atoms with Gasteiger partial charge in [-0.25, -0.2) is 9.78 Å². The second kappa shape index (κ2) is 3.74. The summed E-state index contributed by atoms with van der Waals surface area (Å²) in [4.78, 5) is 13.7. The van der Waals surface area contributed by atoms with Crippen LogP contribution < -0.4 is 0 Å². The Balaban J connectivity index is 2.86. The van der Waals surface area contributed by atoms with Crippen molar-refractivity contribution in [2.45, 2.75) is 0 Å². The maximum atomic E-state index is 10.0. The molecule has 0 saturated heterocycles. The lowest BCUT2D eigenvalue weighted by Gasteiger charge is -1.87. The molecule has 1 N–H and O–H groups in total. The molecule has 0 unspecified atom stereocenters. The highest BCUT2D eigenvalue weighted by atomic mass is 35.5. The predicted molar refractivity (Wildman–Crippen MR) is 43.8 cm³/mol. The van der Waals surface area contributed by atoms with E-state index in [9.17, 15) is 4.79 Å². The Morgan fingerprint density at radius 2 is 2.33 bits per heavy atom. The van der Waals surface area contributed by atoms with Crippen LogP contribution in [0, 0.1) is 11.8 Å². The Morgan fingerprint density at radius 3 is 2.83 bits per heavy atom. The first-order chi connectivity index (χ1) is 5.68. The van der Waals surface area contributed by atoms with Crippen LogP contribution in [0.15, 0.2) is 18.3 Å². The quantitative estimate of drug-likeness (QED) is 0.483. The maximum Gasteiger partial charge on any atom is 0.382 e. The molecule has 0 bridgehead atoms. The van der Waals surface area contributed by atoms with Gasteiger partial charge in [-0.05, 0) is 12.1 Å². The number of pyridine rings is 1. The predicted octanol–water partition coefficient (Wildman–Crippen LogP) is 1.17. The minimum atomic E-state index is -1.16. The van der Waals surface area contributed by atoms with Gasteiger partial charge >= 0.3 is 5.97 Å². The summed E-state index contributed by atoms with van der Waals surface area (Å²) in [6, 6.07) is 3.15. The lowest BCUT2D eigenvalue weighted by Crippen LogP contribution is -1.87. The summed E-state index contributed by atoms with van der Waals surface area (Å²) >= 11 is 5.50. The molecule has 12 heavy (non-hydrogen) atoms. The fourth-order valence-electron chi connectivity index (χ4n) is 0.575. The number of carbonyl (C=O) groups is 1. The standard InChI is InChI=1S/C8H4ClNO2/c9-7-3-1-6(5-10-7)2-4-8(11)12/h1,3,5H,(H,11,12). The van der Waals surface area contributed by atoms with E-state index in [0.29, 0.717) is 10.7 Å². The number of carboxylic acids is 1. The normalized spacial score (nSPS) is 8.42. The second-order valence-corrected chi connectivity index (χ2v) is 2.31. The van der Waals surface area contributed by atoms with Crippen molar-refractivity contribution in [2.24, 2.45) is 0 Å². The van der Waals surface area contributed by atoms with E-state index in [0.717, 1.165) is 0 Å². The number of nitrogens with zero attached hydrogens (tertiary/aromatic N) is 1. The Morgan fingerprint density at radius 1 is 1.58 bits per heavy atom. The smallest absolute Gasteiger partial charge is 0.382 e. The molecule has 1 heterocycles. The monoisotopic (exact) mass is 181 g/mol. The molecule has 3 nitrogen and oxygen atoms in total. The van der Waals surface area contributed by atoms with Crippen molar-refractivity contribution in [1.82, 2.24) is 4.98 Å². The Kier molecular flexibility index (Phi) is 2.67. The van der Waals surface area contributed by atoms with Crippen molar-refractivity contribution in [1.29, 1.82) is 0 Å². The average molecular weight is 182 g/mol. The number of aromatic nitrogens is 1. The molecule has 0 atom stereocenters. The van der Waals surface area contributed by atoms with Crippen LogP contribution >= 0.6 is 11.6 Å². The van der Waals surface area contributed by atoms with Gasteiger partial charge in [0.05, 0.1) is 0 Å². The van der Waals surface area contributed by atoms with Gasteiger partial charge in [-0.15, -0.1) is 0 Å². The van der Waals surface area contributed by atoms with Gasteiger partial charge in [0.1, 0.15) is 5.15 Å². The largest absolute Gasteiger partial charge is 0.472 e. The van der Waals surface area contributed by atoms with E-state index in [4.69, 9.17) is 16.7 Å². The summed E-state index contributed by atoms with van der Waals surface area (Å²) < 4.78 is 0. The van der Waals surface area contributed by atoms with E-state index >= 15 is 0 Å². The van der Waals surface area contributed by atoms with Crippen LogP contribution in [0.25, 0.3) is 0 Å². The van der Waals surface area contributed by atoms with E-state index in [1.165, 1.54) is 6.20 Å². The lowest BCUT2D eigenvalue weighted by atomic mass is 10.3. The molecule has 1 aromatic heterocycles. The van der Waals surface area contributed by atoms with Crippen LogP contribution in [0.2, 0.25) is 5.15 Å². The zero-order chi connectivity index (χ0) is 8.97. The van der Waals surface area contributed by atoms with E-state index in [1.54, 1.807) is 12.1 Å². The van der Waals surface area contributed by atoms with Crippen molar-refractivity contribution in [3.63, 3.8) is 0 Å². The molecule has 1 rings (SSSR count). The third-order valence-electron chi connectivity index (χ3n) is 1.04. The van der Waals surface area contributed by atoms with Crippen molar-refractivity contribution in [2.75, 3.05) is 0 Å². The van der Waals surface area contributed by atoms with Crippen molar-refractivity contribution in [3.8, 4) is 11.8 Å². The van der Waals surface area contributed by atoms with Crippen LogP contribution in [0.5, 0.6) is 0 Å². The molecule has 0 aliphatic carbocycles. The summed E-state index contributed by atoms with van der Waals surface area (Å²) in [6.07, 6.45) is 1.41. The number of hydrogen-bond acceptors (Lipinski definition) is 2. The van der Waals surface area contributed by atoms with Crippen LogP contribution in [0.1, 0.15) is 5.56 Å². The van der Waals surface area contributed by atoms with Crippen LogP contribution in [0.3, 0.4) is 0 Å². The van der Waals surface area contributed by atoms with Gasteiger partial charge in [0.25, 0.3) is 0 Å². The molecule has 0 aliphatic rings. The van der Waals surface area contributed by atoms with Crippen LogP contribution in [-0.4, -0.2) is 16.1 Å². The molecule has 0 radical (unpaired) electrons. The molecule has 1 aromatic rings. The molecular weight excluding hydrogens is 178 g/mol. The highest BCUT2D eigenvalue weighted by Crippen LogP contribution is 2.03. The molecule has 0 fully saturated rings. The molecule has 60 valence electrons. The average Bonchev–Trinajstić information content (AvgIpc) is 2.03. The van der Waals surface area contributed by atoms with Gasteiger partial charge in [0.15, 0.2) is 0 Å². The number of carboxylic acid groups (broad SMARTS) is 1. The summed E-state index contributed by atoms with van der Waals surface area (Å²) in [5, 5.41) is 8.57. The van der Waals surface area contributed by atoms with Gasteiger partial charge in [-0.1, -0.05) is 17.5 Å². The first-order valence-corrected chi connectivity index (χ1v) is 3.43. The summed E-state index contributed by atoms with van der Waals surface area (Å²) in [7, 11) is 0. The maximum absolute atomic E-state index is 10.0. The van der Waals surface area contributed by atoms with Gasteiger partial charge < -0.3 is 5.11 Å². The van der Waals surface area contributed by atoms with E-state index in [1.807, 2.05) is 5.92 Å². The molecule has 0 aromatic carbocycles. The topological polar surface area (TPSA) is 50.2 Å². The van der Waals surface area contributed by atoms with E-state index in [-0.39, 0.29) is 0 Å². The number of halogens is 1.